The first-order chi connectivity index (χ1) is 14.8. The number of urea groups is 1. The van der Waals surface area contributed by atoms with Gasteiger partial charge in [-0.05, 0) is 56.7 Å². The van der Waals surface area contributed by atoms with E-state index < -0.39 is 5.41 Å². The smallest absolute Gasteiger partial charge is 0.319 e. The second kappa shape index (κ2) is 9.16. The van der Waals surface area contributed by atoms with Gasteiger partial charge in [0.2, 0.25) is 5.91 Å². The van der Waals surface area contributed by atoms with Crippen LogP contribution < -0.4 is 29.7 Å². The molecule has 31 heavy (non-hydrogen) atoms. The number of amides is 3. The number of nitrogens with one attached hydrogen (secondary N) is 2. The van der Waals surface area contributed by atoms with E-state index in [4.69, 9.17) is 14.2 Å². The third kappa shape index (κ3) is 4.84. The van der Waals surface area contributed by atoms with E-state index in [0.717, 1.165) is 5.56 Å². The number of fused-ring (bicyclic) bond motifs is 1. The van der Waals surface area contributed by atoms with Crippen LogP contribution >= 0.6 is 0 Å². The van der Waals surface area contributed by atoms with Crippen LogP contribution in [0.15, 0.2) is 36.4 Å². The molecule has 0 aromatic heterocycles. The number of nitrogens with zero attached hydrogens (tertiary/aromatic N) is 1. The summed E-state index contributed by atoms with van der Waals surface area (Å²) in [4.78, 5) is 27.0. The molecule has 8 nitrogen and oxygen atoms in total. The first kappa shape index (κ1) is 22.3. The molecule has 0 radical (unpaired) electrons. The molecule has 0 spiro atoms. The molecule has 0 saturated heterocycles. The van der Waals surface area contributed by atoms with Crippen LogP contribution in [-0.4, -0.2) is 39.3 Å². The van der Waals surface area contributed by atoms with E-state index in [-0.39, 0.29) is 11.9 Å². The molecule has 166 valence electrons. The van der Waals surface area contributed by atoms with Gasteiger partial charge in [0.05, 0.1) is 25.3 Å². The quantitative estimate of drug-likeness (QED) is 0.732. The topological polar surface area (TPSA) is 89.1 Å². The highest BCUT2D eigenvalue weighted by Gasteiger charge is 2.37. The van der Waals surface area contributed by atoms with Crippen LogP contribution in [0.5, 0.6) is 17.2 Å². The van der Waals surface area contributed by atoms with Crippen molar-refractivity contribution in [2.24, 2.45) is 5.41 Å². The molecule has 1 aliphatic rings. The Morgan fingerprint density at radius 3 is 2.55 bits per heavy atom. The zero-order chi connectivity index (χ0) is 22.6. The lowest BCUT2D eigenvalue weighted by atomic mass is 9.93. The summed E-state index contributed by atoms with van der Waals surface area (Å²) in [5.41, 5.74) is 1.46. The Kier molecular flexibility index (Phi) is 6.58. The lowest BCUT2D eigenvalue weighted by Crippen LogP contribution is -2.42. The van der Waals surface area contributed by atoms with Gasteiger partial charge in [-0.3, -0.25) is 4.79 Å². The fraction of sp³-hybridized carbons (Fsp3) is 0.391. The number of hydrogen-bond donors (Lipinski definition) is 2. The molecule has 0 saturated carbocycles. The molecule has 1 aliphatic heterocycles. The number of ether oxygens (including phenoxy) is 3. The highest BCUT2D eigenvalue weighted by atomic mass is 16.5. The van der Waals surface area contributed by atoms with Crippen LogP contribution in [0, 0.1) is 5.41 Å². The minimum Gasteiger partial charge on any atom is -0.493 e. The lowest BCUT2D eigenvalue weighted by Gasteiger charge is -2.27. The van der Waals surface area contributed by atoms with Crippen LogP contribution in [0.4, 0.5) is 16.2 Å². The molecule has 3 rings (SSSR count). The van der Waals surface area contributed by atoms with Crippen LogP contribution in [0.1, 0.15) is 26.3 Å². The maximum Gasteiger partial charge on any atom is 0.319 e. The average molecular weight is 428 g/mol. The minimum atomic E-state index is -0.626. The molecule has 0 unspecified atom stereocenters. The highest BCUT2D eigenvalue weighted by Crippen LogP contribution is 2.38. The van der Waals surface area contributed by atoms with Crippen molar-refractivity contribution < 1.29 is 23.8 Å². The Hall–Kier alpha value is -3.42. The third-order valence-electron chi connectivity index (χ3n) is 5.14. The number of carbonyl (C=O) groups is 2. The SMILES string of the molecule is CCN1C(=O)C(C)(C)COc2ccc(NC(=O)NCc3ccc(OC)c(OC)c3)cc21. The number of methoxy groups -OCH3 is 2. The fourth-order valence-corrected chi connectivity index (χ4v) is 3.38. The average Bonchev–Trinajstić information content (AvgIpc) is 2.86. The van der Waals surface area contributed by atoms with Crippen molar-refractivity contribution in [3.05, 3.63) is 42.0 Å². The molecular formula is C23H29N3O5. The van der Waals surface area contributed by atoms with Crippen molar-refractivity contribution >= 4 is 23.3 Å². The zero-order valence-electron chi connectivity index (χ0n) is 18.6. The summed E-state index contributed by atoms with van der Waals surface area (Å²) in [6, 6.07) is 10.4. The summed E-state index contributed by atoms with van der Waals surface area (Å²) in [5, 5.41) is 5.63. The van der Waals surface area contributed by atoms with Crippen molar-refractivity contribution in [1.82, 2.24) is 5.32 Å². The normalized spacial score (nSPS) is 14.7. The number of benzene rings is 2. The number of carbonyl (C=O) groups excluding carboxylic acids is 2. The zero-order valence-corrected chi connectivity index (χ0v) is 18.6. The van der Waals surface area contributed by atoms with Gasteiger partial charge in [0.25, 0.3) is 0 Å². The van der Waals surface area contributed by atoms with Gasteiger partial charge in [0, 0.05) is 18.8 Å². The van der Waals surface area contributed by atoms with Crippen LogP contribution in [0.2, 0.25) is 0 Å². The van der Waals surface area contributed by atoms with Gasteiger partial charge in [-0.1, -0.05) is 6.07 Å². The summed E-state index contributed by atoms with van der Waals surface area (Å²) in [5.74, 6) is 1.84. The highest BCUT2D eigenvalue weighted by molar-refractivity contribution is 6.00. The fourth-order valence-electron chi connectivity index (χ4n) is 3.38. The maximum atomic E-state index is 12.9. The summed E-state index contributed by atoms with van der Waals surface area (Å²) in [7, 11) is 3.14. The number of rotatable bonds is 6. The van der Waals surface area contributed by atoms with E-state index in [0.29, 0.717) is 48.3 Å². The van der Waals surface area contributed by atoms with Gasteiger partial charge in [-0.15, -0.1) is 0 Å². The summed E-state index contributed by atoms with van der Waals surface area (Å²) < 4.78 is 16.4. The Bertz CT molecular complexity index is 974. The van der Waals surface area contributed by atoms with E-state index in [1.54, 1.807) is 43.4 Å². The van der Waals surface area contributed by atoms with Crippen molar-refractivity contribution in [2.75, 3.05) is 37.6 Å². The summed E-state index contributed by atoms with van der Waals surface area (Å²) >= 11 is 0. The van der Waals surface area contributed by atoms with Crippen molar-refractivity contribution in [3.63, 3.8) is 0 Å². The van der Waals surface area contributed by atoms with E-state index in [9.17, 15) is 9.59 Å². The van der Waals surface area contributed by atoms with Crippen LogP contribution in [0.3, 0.4) is 0 Å². The van der Waals surface area contributed by atoms with Gasteiger partial charge in [0.15, 0.2) is 11.5 Å². The van der Waals surface area contributed by atoms with E-state index in [1.165, 1.54) is 0 Å². The predicted molar refractivity (Wildman–Crippen MR) is 119 cm³/mol. The largest absolute Gasteiger partial charge is 0.493 e. The van der Waals surface area contributed by atoms with Crippen molar-refractivity contribution in [2.45, 2.75) is 27.3 Å². The molecule has 1 heterocycles. The molecule has 0 bridgehead atoms. The second-order valence-electron chi connectivity index (χ2n) is 7.90. The molecule has 2 N–H and O–H groups in total. The molecule has 0 aliphatic carbocycles. The minimum absolute atomic E-state index is 0.0104. The monoisotopic (exact) mass is 427 g/mol. The summed E-state index contributed by atoms with van der Waals surface area (Å²) in [6.45, 7) is 6.77. The first-order valence-corrected chi connectivity index (χ1v) is 10.1. The van der Waals surface area contributed by atoms with E-state index in [2.05, 4.69) is 10.6 Å². The Morgan fingerprint density at radius 1 is 1.13 bits per heavy atom. The second-order valence-corrected chi connectivity index (χ2v) is 7.90. The van der Waals surface area contributed by atoms with E-state index in [1.807, 2.05) is 32.9 Å². The number of hydrogen-bond acceptors (Lipinski definition) is 5. The standard InChI is InChI=1S/C23H29N3O5/c1-6-26-17-12-16(8-10-18(17)31-14-23(2,3)21(26)27)25-22(28)24-13-15-7-9-19(29-4)20(11-15)30-5/h7-12H,6,13-14H2,1-5H3,(H2,24,25,28). The number of anilines is 2. The molecule has 3 amide bonds. The Labute approximate surface area is 182 Å². The maximum absolute atomic E-state index is 12.9. The molecule has 0 atom stereocenters. The molecule has 2 aromatic rings. The third-order valence-corrected chi connectivity index (χ3v) is 5.14. The Morgan fingerprint density at radius 2 is 1.87 bits per heavy atom. The van der Waals surface area contributed by atoms with Gasteiger partial charge >= 0.3 is 6.03 Å². The Balaban J connectivity index is 1.70. The van der Waals surface area contributed by atoms with Gasteiger partial charge in [-0.25, -0.2) is 4.79 Å². The van der Waals surface area contributed by atoms with Crippen molar-refractivity contribution in [1.29, 1.82) is 0 Å². The van der Waals surface area contributed by atoms with E-state index >= 15 is 0 Å². The van der Waals surface area contributed by atoms with Crippen LogP contribution in [0.25, 0.3) is 0 Å². The molecule has 0 fully saturated rings. The molecule has 2 aromatic carbocycles. The molecule has 8 heteroatoms. The molecular weight excluding hydrogens is 398 g/mol. The summed E-state index contributed by atoms with van der Waals surface area (Å²) in [6.07, 6.45) is 0. The van der Waals surface area contributed by atoms with Crippen molar-refractivity contribution in [3.8, 4) is 17.2 Å². The van der Waals surface area contributed by atoms with Gasteiger partial charge < -0.3 is 29.7 Å². The van der Waals surface area contributed by atoms with Gasteiger partial charge in [0.1, 0.15) is 12.4 Å². The van der Waals surface area contributed by atoms with Gasteiger partial charge in [-0.2, -0.15) is 0 Å². The van der Waals surface area contributed by atoms with Crippen LogP contribution in [-0.2, 0) is 11.3 Å². The first-order valence-electron chi connectivity index (χ1n) is 10.1. The lowest BCUT2D eigenvalue weighted by molar-refractivity contribution is -0.127. The predicted octanol–water partition coefficient (Wildman–Crippen LogP) is 3.80.